The summed E-state index contributed by atoms with van der Waals surface area (Å²) in [5.74, 6) is -0.786. The van der Waals surface area contributed by atoms with Gasteiger partial charge in [0.1, 0.15) is 16.5 Å². The number of aliphatic carboxylic acids is 2. The van der Waals surface area contributed by atoms with Gasteiger partial charge in [-0.2, -0.15) is 0 Å². The van der Waals surface area contributed by atoms with E-state index in [0.717, 1.165) is 56.5 Å². The van der Waals surface area contributed by atoms with E-state index in [0.29, 0.717) is 0 Å². The normalized spacial score (nSPS) is 15.5. The number of aliphatic hydroxyl groups is 1. The molecule has 0 spiro atoms. The molecule has 35 heavy (non-hydrogen) atoms. The minimum Gasteiger partial charge on any atom is -0.473 e. The SMILES string of the molecule is O=C(O)C(=O)O.OCCN1CCN(c2nc(CSc3ccccc3)nc3sc4c(c23)CCC4)CC1. The first-order valence-corrected chi connectivity index (χ1v) is 13.3. The van der Waals surface area contributed by atoms with E-state index in [9.17, 15) is 5.11 Å². The summed E-state index contributed by atoms with van der Waals surface area (Å²) >= 11 is 3.68. The highest BCUT2D eigenvalue weighted by atomic mass is 32.2. The molecule has 2 aliphatic rings. The van der Waals surface area contributed by atoms with Gasteiger partial charge in [0.2, 0.25) is 0 Å². The number of thiophene rings is 1. The first-order valence-electron chi connectivity index (χ1n) is 11.5. The van der Waals surface area contributed by atoms with Crippen molar-refractivity contribution in [1.82, 2.24) is 14.9 Å². The number of thioether (sulfide) groups is 1. The molecule has 3 aromatic rings. The maximum atomic E-state index is 9.23. The van der Waals surface area contributed by atoms with Crippen molar-refractivity contribution >= 4 is 51.1 Å². The van der Waals surface area contributed by atoms with E-state index in [-0.39, 0.29) is 6.61 Å². The van der Waals surface area contributed by atoms with Crippen LogP contribution in [0.25, 0.3) is 10.2 Å². The first-order chi connectivity index (χ1) is 17.0. The number of carboxylic acids is 2. The van der Waals surface area contributed by atoms with E-state index < -0.39 is 11.9 Å². The highest BCUT2D eigenvalue weighted by molar-refractivity contribution is 7.98. The van der Waals surface area contributed by atoms with E-state index in [4.69, 9.17) is 29.8 Å². The highest BCUT2D eigenvalue weighted by Crippen LogP contribution is 2.41. The summed E-state index contributed by atoms with van der Waals surface area (Å²) in [5.41, 5.74) is 1.50. The Bertz CT molecular complexity index is 1170. The molecular weight excluding hydrogens is 488 g/mol. The van der Waals surface area contributed by atoms with Gasteiger partial charge in [-0.3, -0.25) is 4.90 Å². The third kappa shape index (κ3) is 6.29. The molecule has 11 heteroatoms. The van der Waals surface area contributed by atoms with Gasteiger partial charge in [0.25, 0.3) is 0 Å². The van der Waals surface area contributed by atoms with Crippen LogP contribution in [0, 0.1) is 0 Å². The number of nitrogens with zero attached hydrogens (tertiary/aromatic N) is 4. The van der Waals surface area contributed by atoms with Crippen molar-refractivity contribution in [1.29, 1.82) is 0 Å². The third-order valence-electron chi connectivity index (χ3n) is 5.97. The van der Waals surface area contributed by atoms with Crippen LogP contribution < -0.4 is 4.90 Å². The molecule has 1 aliphatic carbocycles. The molecule has 3 heterocycles. The molecule has 186 valence electrons. The Kier molecular flexibility index (Phi) is 8.55. The largest absolute Gasteiger partial charge is 0.473 e. The summed E-state index contributed by atoms with van der Waals surface area (Å²) in [5, 5.41) is 25.3. The van der Waals surface area contributed by atoms with Crippen LogP contribution in [-0.4, -0.2) is 81.5 Å². The van der Waals surface area contributed by atoms with Crippen molar-refractivity contribution in [3.05, 3.63) is 46.6 Å². The number of carbonyl (C=O) groups is 2. The molecule has 1 aliphatic heterocycles. The predicted molar refractivity (Wildman–Crippen MR) is 136 cm³/mol. The third-order valence-corrected chi connectivity index (χ3v) is 8.17. The smallest absolute Gasteiger partial charge is 0.414 e. The number of aliphatic hydroxyl groups excluding tert-OH is 1. The van der Waals surface area contributed by atoms with Gasteiger partial charge in [-0.15, -0.1) is 23.1 Å². The van der Waals surface area contributed by atoms with Crippen LogP contribution in [-0.2, 0) is 28.2 Å². The second-order valence-corrected chi connectivity index (χ2v) is 10.4. The molecule has 5 rings (SSSR count). The van der Waals surface area contributed by atoms with Crippen molar-refractivity contribution < 1.29 is 24.9 Å². The lowest BCUT2D eigenvalue weighted by Gasteiger charge is -2.35. The van der Waals surface area contributed by atoms with E-state index >= 15 is 0 Å². The second-order valence-electron chi connectivity index (χ2n) is 8.27. The zero-order chi connectivity index (χ0) is 24.8. The number of anilines is 1. The minimum absolute atomic E-state index is 0.233. The van der Waals surface area contributed by atoms with Crippen LogP contribution in [0.2, 0.25) is 0 Å². The number of benzene rings is 1. The molecule has 0 saturated carbocycles. The first kappa shape index (κ1) is 25.4. The summed E-state index contributed by atoms with van der Waals surface area (Å²) in [6, 6.07) is 10.5. The standard InChI is InChI=1S/C22H26N4OS2.C2H2O4/c27-14-13-25-9-11-26(12-10-25)21-20-17-7-4-8-18(17)29-22(20)24-19(23-21)15-28-16-5-2-1-3-6-16;3-1(4)2(5)6/h1-3,5-6,27H,4,7-15H2;(H,3,4)(H,5,6). The van der Waals surface area contributed by atoms with Crippen molar-refractivity contribution in [3.63, 3.8) is 0 Å². The fourth-order valence-corrected chi connectivity index (χ4v) is 6.35. The van der Waals surface area contributed by atoms with Gasteiger partial charge in [-0.05, 0) is 37.0 Å². The Morgan fingerprint density at radius 1 is 1.00 bits per heavy atom. The molecule has 1 aromatic carbocycles. The fraction of sp³-hybridized carbons (Fsp3) is 0.417. The quantitative estimate of drug-likeness (QED) is 0.332. The number of hydrogen-bond acceptors (Lipinski definition) is 9. The molecule has 0 unspecified atom stereocenters. The fourth-order valence-electron chi connectivity index (χ4n) is 4.30. The van der Waals surface area contributed by atoms with Crippen LogP contribution in [0.1, 0.15) is 22.7 Å². The number of hydrogen-bond donors (Lipinski definition) is 3. The number of carboxylic acid groups (broad SMARTS) is 2. The van der Waals surface area contributed by atoms with Crippen LogP contribution >= 0.6 is 23.1 Å². The number of piperazine rings is 1. The van der Waals surface area contributed by atoms with Crippen molar-refractivity contribution in [2.75, 3.05) is 44.2 Å². The Morgan fingerprint density at radius 2 is 1.71 bits per heavy atom. The molecule has 2 aromatic heterocycles. The Labute approximate surface area is 211 Å². The summed E-state index contributed by atoms with van der Waals surface area (Å²) in [6.45, 7) is 4.87. The summed E-state index contributed by atoms with van der Waals surface area (Å²) in [6.07, 6.45) is 3.61. The van der Waals surface area contributed by atoms with Crippen LogP contribution in [0.3, 0.4) is 0 Å². The second kappa shape index (κ2) is 11.8. The summed E-state index contributed by atoms with van der Waals surface area (Å²) in [4.78, 5) is 37.0. The molecule has 0 radical (unpaired) electrons. The van der Waals surface area contributed by atoms with Gasteiger partial charge in [-0.25, -0.2) is 19.6 Å². The molecular formula is C24H28N4O5S2. The van der Waals surface area contributed by atoms with E-state index in [1.807, 2.05) is 17.4 Å². The predicted octanol–water partition coefficient (Wildman–Crippen LogP) is 2.74. The molecule has 3 N–H and O–H groups in total. The van der Waals surface area contributed by atoms with Crippen molar-refractivity contribution in [2.24, 2.45) is 0 Å². The molecule has 0 bridgehead atoms. The Hall–Kier alpha value is -2.73. The molecule has 0 amide bonds. The zero-order valence-electron chi connectivity index (χ0n) is 19.2. The maximum absolute atomic E-state index is 9.23. The lowest BCUT2D eigenvalue weighted by atomic mass is 10.1. The lowest BCUT2D eigenvalue weighted by molar-refractivity contribution is -0.159. The molecule has 1 saturated heterocycles. The Morgan fingerprint density at radius 3 is 2.37 bits per heavy atom. The van der Waals surface area contributed by atoms with Gasteiger partial charge >= 0.3 is 11.9 Å². The van der Waals surface area contributed by atoms with Gasteiger partial charge in [0.05, 0.1) is 17.7 Å². The highest BCUT2D eigenvalue weighted by Gasteiger charge is 2.26. The van der Waals surface area contributed by atoms with Crippen LogP contribution in [0.4, 0.5) is 5.82 Å². The molecule has 9 nitrogen and oxygen atoms in total. The van der Waals surface area contributed by atoms with E-state index in [1.54, 1.807) is 11.8 Å². The topological polar surface area (TPSA) is 127 Å². The number of aryl methyl sites for hydroxylation is 2. The van der Waals surface area contributed by atoms with Gasteiger partial charge < -0.3 is 20.2 Å². The number of aromatic nitrogens is 2. The number of fused-ring (bicyclic) bond motifs is 3. The Balaban J connectivity index is 0.000000431. The van der Waals surface area contributed by atoms with Crippen molar-refractivity contribution in [2.45, 2.75) is 29.9 Å². The number of rotatable bonds is 6. The van der Waals surface area contributed by atoms with E-state index in [2.05, 4.69) is 34.1 Å². The van der Waals surface area contributed by atoms with Gasteiger partial charge in [-0.1, -0.05) is 18.2 Å². The van der Waals surface area contributed by atoms with Crippen LogP contribution in [0.5, 0.6) is 0 Å². The van der Waals surface area contributed by atoms with Crippen LogP contribution in [0.15, 0.2) is 35.2 Å². The molecule has 0 atom stereocenters. The summed E-state index contributed by atoms with van der Waals surface area (Å²) in [7, 11) is 0. The van der Waals surface area contributed by atoms with Crippen molar-refractivity contribution in [3.8, 4) is 0 Å². The lowest BCUT2D eigenvalue weighted by Crippen LogP contribution is -2.47. The minimum atomic E-state index is -1.82. The maximum Gasteiger partial charge on any atom is 0.414 e. The monoisotopic (exact) mass is 516 g/mol. The number of β-amino-alcohol motifs (C(OH)–C–C–N with tert-alkyl or cyclic N) is 1. The van der Waals surface area contributed by atoms with Gasteiger partial charge in [0, 0.05) is 42.5 Å². The van der Waals surface area contributed by atoms with E-state index in [1.165, 1.54) is 38.4 Å². The van der Waals surface area contributed by atoms with Gasteiger partial charge in [0.15, 0.2) is 0 Å². The average Bonchev–Trinajstić information content (AvgIpc) is 3.45. The average molecular weight is 517 g/mol. The zero-order valence-corrected chi connectivity index (χ0v) is 20.9. The summed E-state index contributed by atoms with van der Waals surface area (Å²) < 4.78 is 0. The molecule has 1 fully saturated rings.